The third kappa shape index (κ3) is 2.57. The van der Waals surface area contributed by atoms with Crippen molar-refractivity contribution >= 4 is 22.6 Å². The summed E-state index contributed by atoms with van der Waals surface area (Å²) in [7, 11) is 0. The van der Waals surface area contributed by atoms with Gasteiger partial charge in [0.15, 0.2) is 0 Å². The van der Waals surface area contributed by atoms with E-state index in [1.165, 1.54) is 6.07 Å². The van der Waals surface area contributed by atoms with Crippen LogP contribution in [-0.2, 0) is 4.79 Å². The Bertz CT molecular complexity index is 633. The number of hydrogen-bond donors (Lipinski definition) is 2. The fraction of sp³-hybridized carbons (Fsp3) is 0.308. The van der Waals surface area contributed by atoms with Gasteiger partial charge in [-0.1, -0.05) is 19.1 Å². The zero-order valence-corrected chi connectivity index (χ0v) is 10.4. The fourth-order valence-electron chi connectivity index (χ4n) is 2.22. The minimum atomic E-state index is -0.835. The Morgan fingerprint density at radius 3 is 2.89 bits per heavy atom. The summed E-state index contributed by atoms with van der Waals surface area (Å²) in [5.41, 5.74) is 1.44. The summed E-state index contributed by atoms with van der Waals surface area (Å²) < 4.78 is 0. The first-order valence-corrected chi connectivity index (χ1v) is 5.97. The fourth-order valence-corrected chi connectivity index (χ4v) is 2.22. The number of non-ortho nitro benzene ring substituents is 1. The molecular weight excluding hydrogens is 248 g/mol. The number of rotatable bonds is 5. The minimum absolute atomic E-state index is 0.0341. The lowest BCUT2D eigenvalue weighted by molar-refractivity contribution is -0.383. The van der Waals surface area contributed by atoms with Crippen molar-refractivity contribution in [3.8, 4) is 0 Å². The first-order valence-electron chi connectivity index (χ1n) is 5.97. The third-order valence-corrected chi connectivity index (χ3v) is 3.24. The molecule has 1 aromatic heterocycles. The van der Waals surface area contributed by atoms with Crippen LogP contribution in [0, 0.1) is 10.1 Å². The van der Waals surface area contributed by atoms with Crippen LogP contribution in [0.1, 0.15) is 31.2 Å². The molecule has 1 unspecified atom stereocenters. The summed E-state index contributed by atoms with van der Waals surface area (Å²) in [6, 6.07) is 4.90. The van der Waals surface area contributed by atoms with Gasteiger partial charge in [-0.3, -0.25) is 14.9 Å². The maximum Gasteiger partial charge on any atom is 0.303 e. The molecule has 0 amide bonds. The van der Waals surface area contributed by atoms with E-state index in [0.717, 1.165) is 10.9 Å². The smallest absolute Gasteiger partial charge is 0.303 e. The highest BCUT2D eigenvalue weighted by molar-refractivity contribution is 5.90. The van der Waals surface area contributed by atoms with Gasteiger partial charge in [-0.05, 0) is 17.9 Å². The maximum absolute atomic E-state index is 10.9. The molecule has 100 valence electrons. The van der Waals surface area contributed by atoms with Crippen LogP contribution in [0.15, 0.2) is 24.4 Å². The van der Waals surface area contributed by atoms with Gasteiger partial charge in [0.2, 0.25) is 0 Å². The molecular formula is C13H14N2O4. The summed E-state index contributed by atoms with van der Waals surface area (Å²) >= 11 is 0. The molecule has 1 atom stereocenters. The highest BCUT2D eigenvalue weighted by Crippen LogP contribution is 2.32. The average Bonchev–Trinajstić information content (AvgIpc) is 2.79. The molecule has 6 nitrogen and oxygen atoms in total. The number of aromatic nitrogens is 1. The van der Waals surface area contributed by atoms with E-state index in [2.05, 4.69) is 4.98 Å². The number of nitro groups is 1. The number of aliphatic carboxylic acids is 1. The summed E-state index contributed by atoms with van der Waals surface area (Å²) in [4.78, 5) is 24.0. The molecule has 2 rings (SSSR count). The van der Waals surface area contributed by atoms with Crippen molar-refractivity contribution < 1.29 is 14.8 Å². The van der Waals surface area contributed by atoms with Crippen LogP contribution in [0.2, 0.25) is 0 Å². The van der Waals surface area contributed by atoms with E-state index in [9.17, 15) is 14.9 Å². The third-order valence-electron chi connectivity index (χ3n) is 3.24. The molecule has 0 radical (unpaired) electrons. The molecule has 0 aliphatic heterocycles. The molecule has 0 spiro atoms. The van der Waals surface area contributed by atoms with E-state index < -0.39 is 10.9 Å². The van der Waals surface area contributed by atoms with E-state index >= 15 is 0 Å². The molecule has 2 N–H and O–H groups in total. The number of H-pyrrole nitrogens is 1. The first-order chi connectivity index (χ1) is 9.00. The molecule has 0 aliphatic carbocycles. The second-order valence-corrected chi connectivity index (χ2v) is 4.53. The molecule has 6 heteroatoms. The summed E-state index contributed by atoms with van der Waals surface area (Å²) in [5.74, 6) is -0.801. The number of hydrogen-bond acceptors (Lipinski definition) is 3. The number of benzene rings is 1. The monoisotopic (exact) mass is 262 g/mol. The van der Waals surface area contributed by atoms with Crippen LogP contribution in [0.4, 0.5) is 5.69 Å². The van der Waals surface area contributed by atoms with Crippen LogP contribution in [-0.4, -0.2) is 21.0 Å². The first kappa shape index (κ1) is 13.1. The molecule has 19 heavy (non-hydrogen) atoms. The van der Waals surface area contributed by atoms with Gasteiger partial charge in [0, 0.05) is 24.1 Å². The quantitative estimate of drug-likeness (QED) is 0.639. The summed E-state index contributed by atoms with van der Waals surface area (Å²) in [6.45, 7) is 1.92. The molecule has 0 saturated carbocycles. The maximum atomic E-state index is 10.9. The Morgan fingerprint density at radius 1 is 1.53 bits per heavy atom. The number of carbonyl (C=O) groups is 1. The SMILES string of the molecule is CC(CCC(=O)O)c1c[nH]c2c([N+](=O)[O-])cccc12. The Balaban J connectivity index is 2.38. The lowest BCUT2D eigenvalue weighted by Gasteiger charge is -2.08. The molecule has 1 heterocycles. The van der Waals surface area contributed by atoms with E-state index in [4.69, 9.17) is 5.11 Å². The predicted molar refractivity (Wildman–Crippen MR) is 70.2 cm³/mol. The molecule has 0 bridgehead atoms. The van der Waals surface area contributed by atoms with Gasteiger partial charge < -0.3 is 10.1 Å². The zero-order valence-electron chi connectivity index (χ0n) is 10.4. The van der Waals surface area contributed by atoms with Crippen LogP contribution in [0.5, 0.6) is 0 Å². The highest BCUT2D eigenvalue weighted by atomic mass is 16.6. The van der Waals surface area contributed by atoms with E-state index in [1.807, 2.05) is 13.0 Å². The van der Waals surface area contributed by atoms with Crippen molar-refractivity contribution in [3.63, 3.8) is 0 Å². The Labute approximate surface area is 109 Å². The average molecular weight is 262 g/mol. The highest BCUT2D eigenvalue weighted by Gasteiger charge is 2.18. The van der Waals surface area contributed by atoms with Gasteiger partial charge in [0.05, 0.1) is 4.92 Å². The van der Waals surface area contributed by atoms with Gasteiger partial charge in [0.1, 0.15) is 5.52 Å². The summed E-state index contributed by atoms with van der Waals surface area (Å²) in [5, 5.41) is 20.4. The number of fused-ring (bicyclic) bond motifs is 1. The van der Waals surface area contributed by atoms with Crippen LogP contribution >= 0.6 is 0 Å². The topological polar surface area (TPSA) is 96.2 Å². The zero-order chi connectivity index (χ0) is 14.0. The molecule has 1 aromatic carbocycles. The predicted octanol–water partition coefficient (Wildman–Crippen LogP) is 3.04. The van der Waals surface area contributed by atoms with Crippen LogP contribution < -0.4 is 0 Å². The number of nitrogens with zero attached hydrogens (tertiary/aromatic N) is 1. The van der Waals surface area contributed by atoms with Crippen molar-refractivity contribution in [3.05, 3.63) is 40.1 Å². The number of carboxylic acid groups (broad SMARTS) is 1. The number of nitro benzene ring substituents is 1. The van der Waals surface area contributed by atoms with Crippen molar-refractivity contribution in [2.45, 2.75) is 25.7 Å². The van der Waals surface area contributed by atoms with Gasteiger partial charge >= 0.3 is 5.97 Å². The van der Waals surface area contributed by atoms with E-state index in [0.29, 0.717) is 11.9 Å². The lowest BCUT2D eigenvalue weighted by Crippen LogP contribution is -1.99. The standard InChI is InChI=1S/C13H14N2O4/c1-8(5-6-12(16)17)10-7-14-13-9(10)3-2-4-11(13)15(18)19/h2-4,7-8,14H,5-6H2,1H3,(H,16,17). The van der Waals surface area contributed by atoms with Crippen LogP contribution in [0.25, 0.3) is 10.9 Å². The normalized spacial score (nSPS) is 12.5. The largest absolute Gasteiger partial charge is 0.481 e. The minimum Gasteiger partial charge on any atom is -0.481 e. The second-order valence-electron chi connectivity index (χ2n) is 4.53. The van der Waals surface area contributed by atoms with Gasteiger partial charge in [-0.15, -0.1) is 0 Å². The van der Waals surface area contributed by atoms with Crippen molar-refractivity contribution in [1.82, 2.24) is 4.98 Å². The Hall–Kier alpha value is -2.37. The van der Waals surface area contributed by atoms with Gasteiger partial charge in [-0.25, -0.2) is 0 Å². The van der Waals surface area contributed by atoms with E-state index in [1.54, 1.807) is 12.3 Å². The molecule has 0 fully saturated rings. The Morgan fingerprint density at radius 2 is 2.26 bits per heavy atom. The van der Waals surface area contributed by atoms with Gasteiger partial charge in [0.25, 0.3) is 5.69 Å². The van der Waals surface area contributed by atoms with Crippen molar-refractivity contribution in [2.24, 2.45) is 0 Å². The van der Waals surface area contributed by atoms with Crippen LogP contribution in [0.3, 0.4) is 0 Å². The molecule has 2 aromatic rings. The lowest BCUT2D eigenvalue weighted by atomic mass is 9.95. The molecule has 0 aliphatic rings. The number of para-hydroxylation sites is 1. The summed E-state index contributed by atoms with van der Waals surface area (Å²) in [6.07, 6.45) is 2.32. The van der Waals surface area contributed by atoms with E-state index in [-0.39, 0.29) is 18.0 Å². The number of aromatic amines is 1. The number of nitrogens with one attached hydrogen (secondary N) is 1. The second kappa shape index (κ2) is 5.09. The Kier molecular flexibility index (Phi) is 3.50. The van der Waals surface area contributed by atoms with Gasteiger partial charge in [-0.2, -0.15) is 0 Å². The van der Waals surface area contributed by atoms with Crippen molar-refractivity contribution in [1.29, 1.82) is 0 Å². The van der Waals surface area contributed by atoms with Crippen molar-refractivity contribution in [2.75, 3.05) is 0 Å². The molecule has 0 saturated heterocycles. The number of carboxylic acids is 1.